The molecule has 4 heterocycles. The van der Waals surface area contributed by atoms with E-state index in [0.29, 0.717) is 19.6 Å². The first-order valence-electron chi connectivity index (χ1n) is 7.67. The lowest BCUT2D eigenvalue weighted by molar-refractivity contribution is 0.296. The van der Waals surface area contributed by atoms with E-state index >= 15 is 0 Å². The summed E-state index contributed by atoms with van der Waals surface area (Å²) in [4.78, 5) is 7.99. The lowest BCUT2D eigenvalue weighted by Gasteiger charge is -2.20. The summed E-state index contributed by atoms with van der Waals surface area (Å²) < 4.78 is 27.3. The van der Waals surface area contributed by atoms with Crippen molar-refractivity contribution < 1.29 is 8.42 Å². The first kappa shape index (κ1) is 15.7. The summed E-state index contributed by atoms with van der Waals surface area (Å²) in [5.41, 5.74) is 0.867. The van der Waals surface area contributed by atoms with Gasteiger partial charge in [0, 0.05) is 42.4 Å². The van der Waals surface area contributed by atoms with Crippen molar-refractivity contribution >= 4 is 32.7 Å². The van der Waals surface area contributed by atoms with E-state index < -0.39 is 10.0 Å². The smallest absolute Gasteiger partial charge is 0.218 e. The maximum atomic E-state index is 12.8. The largest absolute Gasteiger partial charge is 0.297 e. The van der Waals surface area contributed by atoms with Gasteiger partial charge in [-0.05, 0) is 18.4 Å². The van der Waals surface area contributed by atoms with Crippen LogP contribution < -0.4 is 0 Å². The number of sulfonamides is 1. The minimum Gasteiger partial charge on any atom is -0.297 e. The van der Waals surface area contributed by atoms with Crippen molar-refractivity contribution in [1.29, 1.82) is 0 Å². The number of hydrogen-bond donors (Lipinski definition) is 0. The quantitative estimate of drug-likeness (QED) is 0.829. The first-order chi connectivity index (χ1) is 11.0. The predicted octanol–water partition coefficient (Wildman–Crippen LogP) is 2.16. The molecule has 0 bridgehead atoms. The van der Waals surface area contributed by atoms with Crippen molar-refractivity contribution in [3.05, 3.63) is 38.5 Å². The van der Waals surface area contributed by atoms with Gasteiger partial charge in [-0.2, -0.15) is 4.31 Å². The number of hydrogen-bond acceptors (Lipinski definition) is 6. The van der Waals surface area contributed by atoms with E-state index in [1.165, 1.54) is 4.88 Å². The van der Waals surface area contributed by atoms with Crippen LogP contribution >= 0.6 is 22.7 Å². The molecule has 2 atom stereocenters. The molecule has 2 aromatic heterocycles. The van der Waals surface area contributed by atoms with Gasteiger partial charge in [0.25, 0.3) is 0 Å². The molecular formula is C15H19N3O2S3. The molecule has 23 heavy (non-hydrogen) atoms. The molecule has 2 aliphatic heterocycles. The Hall–Kier alpha value is -0.800. The van der Waals surface area contributed by atoms with Gasteiger partial charge in [0.15, 0.2) is 0 Å². The van der Waals surface area contributed by atoms with Crippen molar-refractivity contribution in [2.24, 2.45) is 5.92 Å². The first-order valence-corrected chi connectivity index (χ1v) is 10.9. The van der Waals surface area contributed by atoms with Gasteiger partial charge in [0.2, 0.25) is 10.0 Å². The summed E-state index contributed by atoms with van der Waals surface area (Å²) in [6, 6.07) is 4.16. The Bertz CT molecular complexity index is 785. The molecular weight excluding hydrogens is 350 g/mol. The third-order valence-electron chi connectivity index (χ3n) is 4.60. The average molecular weight is 370 g/mol. The van der Waals surface area contributed by atoms with Gasteiger partial charge in [-0.15, -0.1) is 22.7 Å². The molecule has 8 heteroatoms. The Balaban J connectivity index is 1.45. The van der Waals surface area contributed by atoms with E-state index in [4.69, 9.17) is 0 Å². The van der Waals surface area contributed by atoms with E-state index in [9.17, 15) is 8.42 Å². The molecule has 124 valence electrons. The van der Waals surface area contributed by atoms with Gasteiger partial charge in [0.05, 0.1) is 22.5 Å². The number of nitrogens with zero attached hydrogens (tertiary/aromatic N) is 3. The molecule has 0 spiro atoms. The van der Waals surface area contributed by atoms with Crippen LogP contribution in [-0.4, -0.2) is 47.5 Å². The molecule has 0 aromatic carbocycles. The summed E-state index contributed by atoms with van der Waals surface area (Å²) in [6.45, 7) is 5.39. The Kier molecular flexibility index (Phi) is 4.05. The van der Waals surface area contributed by atoms with E-state index in [0.717, 1.165) is 23.8 Å². The fraction of sp³-hybridized carbons (Fsp3) is 0.533. The van der Waals surface area contributed by atoms with Crippen LogP contribution in [0.25, 0.3) is 0 Å². The van der Waals surface area contributed by atoms with Crippen molar-refractivity contribution in [1.82, 2.24) is 14.2 Å². The van der Waals surface area contributed by atoms with E-state index in [1.54, 1.807) is 27.0 Å². The van der Waals surface area contributed by atoms with Crippen LogP contribution in [0.4, 0.5) is 0 Å². The van der Waals surface area contributed by atoms with E-state index in [1.807, 2.05) is 18.4 Å². The Morgan fingerprint density at radius 1 is 1.26 bits per heavy atom. The third-order valence-corrected chi connectivity index (χ3v) is 8.58. The molecule has 0 saturated carbocycles. The normalized spacial score (nSPS) is 27.5. The van der Waals surface area contributed by atoms with E-state index in [-0.39, 0.29) is 11.2 Å². The number of thiazole rings is 1. The van der Waals surface area contributed by atoms with Crippen molar-refractivity contribution in [3.63, 3.8) is 0 Å². The number of rotatable bonds is 4. The van der Waals surface area contributed by atoms with Gasteiger partial charge >= 0.3 is 0 Å². The molecule has 4 rings (SSSR count). The molecule has 0 N–H and O–H groups in total. The van der Waals surface area contributed by atoms with Gasteiger partial charge in [-0.1, -0.05) is 6.07 Å². The van der Waals surface area contributed by atoms with Crippen LogP contribution in [0.5, 0.6) is 0 Å². The Labute approximate surface area is 144 Å². The fourth-order valence-electron chi connectivity index (χ4n) is 3.57. The van der Waals surface area contributed by atoms with Gasteiger partial charge in [-0.25, -0.2) is 13.4 Å². The van der Waals surface area contributed by atoms with Crippen molar-refractivity contribution in [2.75, 3.05) is 19.6 Å². The third kappa shape index (κ3) is 2.98. The zero-order valence-corrected chi connectivity index (χ0v) is 15.3. The highest BCUT2D eigenvalue weighted by atomic mass is 32.2. The highest BCUT2D eigenvalue weighted by Crippen LogP contribution is 2.35. The van der Waals surface area contributed by atoms with Gasteiger partial charge in [0.1, 0.15) is 0 Å². The monoisotopic (exact) mass is 369 g/mol. The lowest BCUT2D eigenvalue weighted by Crippen LogP contribution is -2.34. The van der Waals surface area contributed by atoms with Crippen LogP contribution in [0.3, 0.4) is 0 Å². The Morgan fingerprint density at radius 3 is 2.78 bits per heavy atom. The summed E-state index contributed by atoms with van der Waals surface area (Å²) in [7, 11) is -3.21. The molecule has 5 nitrogen and oxygen atoms in total. The van der Waals surface area contributed by atoms with Crippen molar-refractivity contribution in [3.8, 4) is 0 Å². The number of aromatic nitrogens is 1. The SMILES string of the molecule is Cc1nc(CN2CC3CN(Cc4cccs4)CC3S2(=O)=O)cs1. The number of aryl methyl sites for hydroxylation is 1. The van der Waals surface area contributed by atoms with Crippen LogP contribution in [0.2, 0.25) is 0 Å². The standard InChI is InChI=1S/C15H19N3O2S3/c1-11-16-13(10-22-11)7-18-6-12-5-17(8-14-3-2-4-21-14)9-15(12)23(18,19)20/h2-4,10,12,15H,5-9H2,1H3. The summed E-state index contributed by atoms with van der Waals surface area (Å²) in [6.07, 6.45) is 0. The zero-order chi connectivity index (χ0) is 16.0. The number of likely N-dealkylation sites (tertiary alicyclic amines) is 1. The average Bonchev–Trinajstić information content (AvgIpc) is 3.23. The van der Waals surface area contributed by atoms with Gasteiger partial charge < -0.3 is 0 Å². The van der Waals surface area contributed by atoms with Crippen LogP contribution in [0.15, 0.2) is 22.9 Å². The minimum atomic E-state index is -3.21. The molecule has 0 radical (unpaired) electrons. The fourth-order valence-corrected chi connectivity index (χ4v) is 7.07. The van der Waals surface area contributed by atoms with Crippen molar-refractivity contribution in [2.45, 2.75) is 25.3 Å². The predicted molar refractivity (Wildman–Crippen MR) is 93.1 cm³/mol. The zero-order valence-electron chi connectivity index (χ0n) is 12.9. The van der Waals surface area contributed by atoms with Crippen LogP contribution in [0.1, 0.15) is 15.6 Å². The molecule has 2 saturated heterocycles. The Morgan fingerprint density at radius 2 is 2.13 bits per heavy atom. The molecule has 0 amide bonds. The molecule has 2 aromatic rings. The summed E-state index contributed by atoms with van der Waals surface area (Å²) in [5, 5.41) is 4.77. The maximum absolute atomic E-state index is 12.8. The second-order valence-corrected chi connectivity index (χ2v) is 10.5. The molecule has 2 unspecified atom stereocenters. The van der Waals surface area contributed by atoms with Crippen LogP contribution in [-0.2, 0) is 23.1 Å². The molecule has 0 aliphatic carbocycles. The topological polar surface area (TPSA) is 53.5 Å². The van der Waals surface area contributed by atoms with E-state index in [2.05, 4.69) is 21.3 Å². The number of thiophene rings is 1. The summed E-state index contributed by atoms with van der Waals surface area (Å²) in [5.74, 6) is 0.222. The highest BCUT2D eigenvalue weighted by molar-refractivity contribution is 7.90. The van der Waals surface area contributed by atoms with Crippen LogP contribution in [0, 0.1) is 12.8 Å². The molecule has 2 fully saturated rings. The lowest BCUT2D eigenvalue weighted by atomic mass is 10.1. The second kappa shape index (κ2) is 5.93. The minimum absolute atomic E-state index is 0.222. The number of fused-ring (bicyclic) bond motifs is 1. The highest BCUT2D eigenvalue weighted by Gasteiger charge is 2.50. The van der Waals surface area contributed by atoms with Gasteiger partial charge in [-0.3, -0.25) is 4.90 Å². The second-order valence-electron chi connectivity index (χ2n) is 6.27. The maximum Gasteiger partial charge on any atom is 0.218 e. The molecule has 2 aliphatic rings. The summed E-state index contributed by atoms with van der Waals surface area (Å²) >= 11 is 3.31.